The smallest absolute Gasteiger partial charge is 0.407 e. The van der Waals surface area contributed by atoms with E-state index in [-0.39, 0.29) is 15.9 Å². The first kappa shape index (κ1) is 10.4. The van der Waals surface area contributed by atoms with Crippen LogP contribution in [0.5, 0.6) is 0 Å². The molecule has 0 saturated carbocycles. The van der Waals surface area contributed by atoms with Crippen molar-refractivity contribution in [3.63, 3.8) is 0 Å². The molecular weight excluding hydrogens is 268 g/mol. The molecule has 2 heterocycles. The molecule has 0 atom stereocenters. The standard InChI is InChI=1S/C9H5ClN2O4S/c10-17(14,15)6-3-11-4-1-2-5-8(7(4)6)16-9(13)12-5/h1-3,11H,(H,12,13). The summed E-state index contributed by atoms with van der Waals surface area (Å²) in [6, 6.07) is 3.25. The molecule has 0 bridgehead atoms. The first-order valence-electron chi connectivity index (χ1n) is 4.54. The second kappa shape index (κ2) is 3.14. The van der Waals surface area contributed by atoms with Crippen molar-refractivity contribution in [2.45, 2.75) is 4.90 Å². The van der Waals surface area contributed by atoms with Crippen LogP contribution in [0.2, 0.25) is 0 Å². The quantitative estimate of drug-likeness (QED) is 0.657. The molecule has 8 heteroatoms. The number of hydrogen-bond acceptors (Lipinski definition) is 4. The third kappa shape index (κ3) is 1.47. The molecular formula is C9H5ClN2O4S. The number of H-pyrrole nitrogens is 2. The molecule has 0 aliphatic heterocycles. The van der Waals surface area contributed by atoms with Crippen molar-refractivity contribution in [2.75, 3.05) is 0 Å². The Morgan fingerprint density at radius 1 is 1.24 bits per heavy atom. The summed E-state index contributed by atoms with van der Waals surface area (Å²) >= 11 is 0. The number of oxazole rings is 1. The molecule has 88 valence electrons. The van der Waals surface area contributed by atoms with Crippen molar-refractivity contribution in [1.29, 1.82) is 0 Å². The van der Waals surface area contributed by atoms with Gasteiger partial charge in [-0.25, -0.2) is 13.2 Å². The Labute approximate surface area is 98.6 Å². The zero-order valence-electron chi connectivity index (χ0n) is 8.15. The predicted octanol–water partition coefficient (Wildman–Crippen LogP) is 1.53. The van der Waals surface area contributed by atoms with E-state index in [1.807, 2.05) is 0 Å². The van der Waals surface area contributed by atoms with Crippen LogP contribution in [0.1, 0.15) is 0 Å². The molecule has 0 unspecified atom stereocenters. The van der Waals surface area contributed by atoms with Gasteiger partial charge in [0.1, 0.15) is 4.90 Å². The number of hydrogen-bond donors (Lipinski definition) is 2. The van der Waals surface area contributed by atoms with E-state index in [9.17, 15) is 13.2 Å². The van der Waals surface area contributed by atoms with Gasteiger partial charge in [-0.1, -0.05) is 0 Å². The van der Waals surface area contributed by atoms with E-state index in [1.165, 1.54) is 6.20 Å². The van der Waals surface area contributed by atoms with Crippen molar-refractivity contribution in [3.8, 4) is 0 Å². The number of halogens is 1. The van der Waals surface area contributed by atoms with E-state index in [1.54, 1.807) is 12.1 Å². The minimum Gasteiger partial charge on any atom is -0.407 e. The van der Waals surface area contributed by atoms with Gasteiger partial charge in [0.05, 0.1) is 16.4 Å². The summed E-state index contributed by atoms with van der Waals surface area (Å²) in [6.07, 6.45) is 1.26. The molecule has 0 saturated heterocycles. The first-order chi connectivity index (χ1) is 7.97. The van der Waals surface area contributed by atoms with Gasteiger partial charge in [0.15, 0.2) is 5.58 Å². The Morgan fingerprint density at radius 2 is 1.94 bits per heavy atom. The van der Waals surface area contributed by atoms with Crippen molar-refractivity contribution < 1.29 is 12.8 Å². The second-order valence-electron chi connectivity index (χ2n) is 3.47. The Balaban J connectivity index is 2.64. The number of benzene rings is 1. The maximum absolute atomic E-state index is 11.4. The van der Waals surface area contributed by atoms with Gasteiger partial charge in [0.2, 0.25) is 0 Å². The van der Waals surface area contributed by atoms with Gasteiger partial charge >= 0.3 is 5.76 Å². The normalized spacial score (nSPS) is 12.5. The van der Waals surface area contributed by atoms with Crippen molar-refractivity contribution in [1.82, 2.24) is 9.97 Å². The van der Waals surface area contributed by atoms with Crippen LogP contribution in [0.25, 0.3) is 22.0 Å². The highest BCUT2D eigenvalue weighted by Gasteiger charge is 2.20. The van der Waals surface area contributed by atoms with Crippen molar-refractivity contribution >= 4 is 41.7 Å². The zero-order chi connectivity index (χ0) is 12.2. The number of rotatable bonds is 1. The molecule has 1 aromatic carbocycles. The molecule has 3 rings (SSSR count). The Bertz CT molecular complexity index is 887. The fourth-order valence-corrected chi connectivity index (χ4v) is 2.80. The largest absolute Gasteiger partial charge is 0.417 e. The van der Waals surface area contributed by atoms with Gasteiger partial charge in [-0.3, -0.25) is 4.98 Å². The fraction of sp³-hybridized carbons (Fsp3) is 0. The summed E-state index contributed by atoms with van der Waals surface area (Å²) in [4.78, 5) is 16.2. The van der Waals surface area contributed by atoms with Gasteiger partial charge in [-0.2, -0.15) is 0 Å². The average Bonchev–Trinajstić information content (AvgIpc) is 2.76. The maximum atomic E-state index is 11.4. The maximum Gasteiger partial charge on any atom is 0.417 e. The number of nitrogens with one attached hydrogen (secondary N) is 2. The molecule has 2 N–H and O–H groups in total. The van der Waals surface area contributed by atoms with Crippen LogP contribution < -0.4 is 5.76 Å². The first-order valence-corrected chi connectivity index (χ1v) is 6.85. The van der Waals surface area contributed by atoms with Crippen LogP contribution in [0.15, 0.2) is 32.4 Å². The highest BCUT2D eigenvalue weighted by atomic mass is 35.7. The SMILES string of the molecule is O=c1[nH]c2ccc3[nH]cc(S(=O)(=O)Cl)c3c2o1. The van der Waals surface area contributed by atoms with Crippen LogP contribution in [0.4, 0.5) is 0 Å². The molecule has 0 fully saturated rings. The molecule has 0 spiro atoms. The monoisotopic (exact) mass is 272 g/mol. The van der Waals surface area contributed by atoms with Crippen LogP contribution in [-0.2, 0) is 9.05 Å². The van der Waals surface area contributed by atoms with E-state index >= 15 is 0 Å². The lowest BCUT2D eigenvalue weighted by atomic mass is 10.2. The summed E-state index contributed by atoms with van der Waals surface area (Å²) in [6.45, 7) is 0. The number of aromatic nitrogens is 2. The molecule has 0 aliphatic rings. The van der Waals surface area contributed by atoms with E-state index in [2.05, 4.69) is 9.97 Å². The number of fused-ring (bicyclic) bond motifs is 3. The third-order valence-electron chi connectivity index (χ3n) is 2.46. The molecule has 0 radical (unpaired) electrons. The summed E-state index contributed by atoms with van der Waals surface area (Å²) in [5, 5.41) is 0.274. The van der Waals surface area contributed by atoms with Gasteiger partial charge in [0, 0.05) is 16.9 Å². The summed E-state index contributed by atoms with van der Waals surface area (Å²) in [5.74, 6) is -0.647. The highest BCUT2D eigenvalue weighted by Crippen LogP contribution is 2.31. The van der Waals surface area contributed by atoms with Crippen molar-refractivity contribution in [2.24, 2.45) is 0 Å². The average molecular weight is 273 g/mol. The Kier molecular flexibility index (Phi) is 1.93. The van der Waals surface area contributed by atoms with Crippen LogP contribution >= 0.6 is 10.7 Å². The minimum absolute atomic E-state index is 0.109. The molecule has 2 aromatic heterocycles. The third-order valence-corrected chi connectivity index (χ3v) is 3.80. The zero-order valence-corrected chi connectivity index (χ0v) is 9.72. The summed E-state index contributed by atoms with van der Waals surface area (Å²) in [7, 11) is 1.41. The van der Waals surface area contributed by atoms with Crippen LogP contribution in [0, 0.1) is 0 Å². The molecule has 17 heavy (non-hydrogen) atoms. The topological polar surface area (TPSA) is 95.9 Å². The van der Waals surface area contributed by atoms with Gasteiger partial charge in [-0.05, 0) is 12.1 Å². The Hall–Kier alpha value is -1.73. The van der Waals surface area contributed by atoms with E-state index in [4.69, 9.17) is 15.1 Å². The molecule has 0 aliphatic carbocycles. The second-order valence-corrected chi connectivity index (χ2v) is 6.00. The molecule has 6 nitrogen and oxygen atoms in total. The number of aromatic amines is 2. The lowest BCUT2D eigenvalue weighted by Gasteiger charge is -1.94. The lowest BCUT2D eigenvalue weighted by Crippen LogP contribution is -1.92. The van der Waals surface area contributed by atoms with Crippen molar-refractivity contribution in [3.05, 3.63) is 28.9 Å². The highest BCUT2D eigenvalue weighted by molar-refractivity contribution is 8.14. The molecule has 0 amide bonds. The lowest BCUT2D eigenvalue weighted by molar-refractivity contribution is 0.557. The fourth-order valence-electron chi connectivity index (χ4n) is 1.79. The molecule has 3 aromatic rings. The van der Waals surface area contributed by atoms with E-state index in [0.717, 1.165) is 0 Å². The van der Waals surface area contributed by atoms with E-state index < -0.39 is 14.8 Å². The van der Waals surface area contributed by atoms with Crippen LogP contribution in [-0.4, -0.2) is 18.4 Å². The van der Waals surface area contributed by atoms with Gasteiger partial charge < -0.3 is 9.40 Å². The summed E-state index contributed by atoms with van der Waals surface area (Å²) in [5.41, 5.74) is 1.12. The minimum atomic E-state index is -3.90. The van der Waals surface area contributed by atoms with Gasteiger partial charge in [0.25, 0.3) is 9.05 Å². The van der Waals surface area contributed by atoms with Crippen LogP contribution in [0.3, 0.4) is 0 Å². The predicted molar refractivity (Wildman–Crippen MR) is 61.7 cm³/mol. The van der Waals surface area contributed by atoms with Gasteiger partial charge in [-0.15, -0.1) is 0 Å². The summed E-state index contributed by atoms with van der Waals surface area (Å²) < 4.78 is 27.7. The Morgan fingerprint density at radius 3 is 2.65 bits per heavy atom. The van der Waals surface area contributed by atoms with E-state index in [0.29, 0.717) is 11.0 Å².